The van der Waals surface area contributed by atoms with E-state index in [4.69, 9.17) is 9.31 Å². The molecule has 0 amide bonds. The fourth-order valence-electron chi connectivity index (χ4n) is 4.48. The van der Waals surface area contributed by atoms with E-state index in [1.807, 2.05) is 0 Å². The summed E-state index contributed by atoms with van der Waals surface area (Å²) in [6.45, 7) is 7.12. The van der Waals surface area contributed by atoms with Gasteiger partial charge in [0.2, 0.25) is 0 Å². The van der Waals surface area contributed by atoms with Crippen LogP contribution in [0.4, 0.5) is 0 Å². The third-order valence-electron chi connectivity index (χ3n) is 5.83. The number of unbranched alkanes of at least 4 members (excludes halogenated alkanes) is 1. The van der Waals surface area contributed by atoms with E-state index < -0.39 is 0 Å². The maximum Gasteiger partial charge on any atom is 0.457 e. The van der Waals surface area contributed by atoms with E-state index in [1.165, 1.54) is 25.7 Å². The second-order valence-electron chi connectivity index (χ2n) is 7.08. The highest BCUT2D eigenvalue weighted by Crippen LogP contribution is 2.65. The van der Waals surface area contributed by atoms with Crippen LogP contribution in [0, 0.1) is 17.3 Å². The molecule has 1 saturated heterocycles. The van der Waals surface area contributed by atoms with E-state index in [9.17, 15) is 0 Å². The highest BCUT2D eigenvalue weighted by molar-refractivity contribution is 9.09. The topological polar surface area (TPSA) is 18.5 Å². The van der Waals surface area contributed by atoms with E-state index in [1.54, 1.807) is 0 Å². The molecule has 102 valence electrons. The lowest BCUT2D eigenvalue weighted by Gasteiger charge is -2.64. The first-order chi connectivity index (χ1) is 8.48. The molecule has 3 unspecified atom stereocenters. The molecule has 0 aromatic carbocycles. The van der Waals surface area contributed by atoms with Crippen LogP contribution in [-0.2, 0) is 9.31 Å². The Bertz CT molecular complexity index is 336. The first-order valence-corrected chi connectivity index (χ1v) is 8.50. The van der Waals surface area contributed by atoms with Crippen molar-refractivity contribution in [2.45, 2.75) is 64.5 Å². The van der Waals surface area contributed by atoms with Crippen molar-refractivity contribution in [3.05, 3.63) is 0 Å². The van der Waals surface area contributed by atoms with Gasteiger partial charge in [0, 0.05) is 5.33 Å². The minimum atomic E-state index is -0.0165. The van der Waals surface area contributed by atoms with Crippen molar-refractivity contribution >= 4 is 23.0 Å². The lowest BCUT2D eigenvalue weighted by Crippen LogP contribution is -2.65. The fraction of sp³-hybridized carbons (Fsp3) is 1.00. The van der Waals surface area contributed by atoms with Crippen molar-refractivity contribution in [2.75, 3.05) is 5.33 Å². The Morgan fingerprint density at radius 1 is 1.22 bits per heavy atom. The van der Waals surface area contributed by atoms with Gasteiger partial charge in [-0.05, 0) is 49.8 Å². The van der Waals surface area contributed by atoms with E-state index in [0.717, 1.165) is 17.6 Å². The summed E-state index contributed by atoms with van der Waals surface area (Å²) in [5, 5.41) is 1.08. The van der Waals surface area contributed by atoms with Crippen LogP contribution in [0.2, 0.25) is 6.32 Å². The molecule has 1 heterocycles. The van der Waals surface area contributed by atoms with Gasteiger partial charge in [-0.15, -0.1) is 0 Å². The van der Waals surface area contributed by atoms with Gasteiger partial charge in [0.1, 0.15) is 0 Å². The van der Waals surface area contributed by atoms with Gasteiger partial charge >= 0.3 is 7.12 Å². The van der Waals surface area contributed by atoms with Gasteiger partial charge in [0.15, 0.2) is 0 Å². The number of halogens is 1. The lowest BCUT2D eigenvalue weighted by molar-refractivity contribution is -0.199. The highest BCUT2D eigenvalue weighted by Gasteiger charge is 2.67. The molecule has 0 aromatic rings. The fourth-order valence-corrected chi connectivity index (χ4v) is 4.88. The molecule has 4 heteroatoms. The number of rotatable bonds is 4. The summed E-state index contributed by atoms with van der Waals surface area (Å²) in [7, 11) is 0.0502. The van der Waals surface area contributed by atoms with Gasteiger partial charge in [-0.1, -0.05) is 36.2 Å². The number of alkyl halides is 1. The van der Waals surface area contributed by atoms with Crippen LogP contribution in [0.1, 0.15) is 46.5 Å². The predicted molar refractivity (Wildman–Crippen MR) is 77.9 cm³/mol. The standard InChI is InChI=1S/C14H24BBrO2/c1-13(2)10-8-11(13)14(3)12(9-10)17-15(18-14)6-4-5-7-16/h10-12H,4-9H2,1-3H3/t10?,11?,12?,14-/m0/s1. The lowest BCUT2D eigenvalue weighted by atomic mass is 9.43. The summed E-state index contributed by atoms with van der Waals surface area (Å²) < 4.78 is 12.5. The average molecular weight is 315 g/mol. The molecular weight excluding hydrogens is 291 g/mol. The summed E-state index contributed by atoms with van der Waals surface area (Å²) in [5.74, 6) is 1.54. The molecule has 0 spiro atoms. The largest absolute Gasteiger partial charge is 0.457 e. The molecule has 3 saturated carbocycles. The normalized spacial score (nSPS) is 44.7. The molecule has 2 nitrogen and oxygen atoms in total. The Kier molecular flexibility index (Phi) is 3.36. The van der Waals surface area contributed by atoms with Gasteiger partial charge in [-0.25, -0.2) is 0 Å². The zero-order valence-corrected chi connectivity index (χ0v) is 13.3. The van der Waals surface area contributed by atoms with Crippen LogP contribution >= 0.6 is 15.9 Å². The molecule has 18 heavy (non-hydrogen) atoms. The van der Waals surface area contributed by atoms with E-state index in [0.29, 0.717) is 17.4 Å². The molecule has 0 aromatic heterocycles. The van der Waals surface area contributed by atoms with Gasteiger partial charge in [-0.3, -0.25) is 0 Å². The first kappa shape index (κ1) is 13.4. The van der Waals surface area contributed by atoms with E-state index in [2.05, 4.69) is 36.7 Å². The Balaban J connectivity index is 1.65. The van der Waals surface area contributed by atoms with Gasteiger partial charge in [0.05, 0.1) is 11.7 Å². The van der Waals surface area contributed by atoms with Crippen LogP contribution in [0.3, 0.4) is 0 Å². The molecule has 0 radical (unpaired) electrons. The SMILES string of the molecule is CC1(C)C2CC3OB(CCCCBr)O[C@@]3(C)C1C2. The molecule has 4 rings (SSSR count). The Hall–Kier alpha value is 0.465. The second kappa shape index (κ2) is 4.49. The van der Waals surface area contributed by atoms with Crippen molar-refractivity contribution in [1.82, 2.24) is 0 Å². The minimum absolute atomic E-state index is 0.0165. The second-order valence-corrected chi connectivity index (χ2v) is 7.88. The summed E-state index contributed by atoms with van der Waals surface area (Å²) in [6.07, 6.45) is 6.35. The molecule has 4 fully saturated rings. The van der Waals surface area contributed by atoms with Crippen LogP contribution in [0.5, 0.6) is 0 Å². The van der Waals surface area contributed by atoms with Gasteiger partial charge in [-0.2, -0.15) is 0 Å². The van der Waals surface area contributed by atoms with E-state index in [-0.39, 0.29) is 12.7 Å². The first-order valence-electron chi connectivity index (χ1n) is 7.37. The average Bonchev–Trinajstić information content (AvgIpc) is 2.64. The Labute approximate surface area is 119 Å². The zero-order chi connectivity index (χ0) is 13.0. The molecular formula is C14H24BBrO2. The van der Waals surface area contributed by atoms with Crippen molar-refractivity contribution < 1.29 is 9.31 Å². The number of hydrogen-bond donors (Lipinski definition) is 0. The maximum absolute atomic E-state index is 6.35. The van der Waals surface area contributed by atoms with Gasteiger partial charge in [0.25, 0.3) is 0 Å². The van der Waals surface area contributed by atoms with E-state index >= 15 is 0 Å². The van der Waals surface area contributed by atoms with Crippen LogP contribution in [0.15, 0.2) is 0 Å². The van der Waals surface area contributed by atoms with Crippen LogP contribution < -0.4 is 0 Å². The quantitative estimate of drug-likeness (QED) is 0.445. The zero-order valence-electron chi connectivity index (χ0n) is 11.7. The summed E-state index contributed by atoms with van der Waals surface area (Å²) in [6, 6.07) is 0. The minimum Gasteiger partial charge on any atom is -0.405 e. The molecule has 1 aliphatic heterocycles. The van der Waals surface area contributed by atoms with Crippen molar-refractivity contribution in [1.29, 1.82) is 0 Å². The van der Waals surface area contributed by atoms with Crippen molar-refractivity contribution in [2.24, 2.45) is 17.3 Å². The third kappa shape index (κ3) is 1.82. The smallest absolute Gasteiger partial charge is 0.405 e. The van der Waals surface area contributed by atoms with Crippen molar-refractivity contribution in [3.63, 3.8) is 0 Å². The van der Waals surface area contributed by atoms with Gasteiger partial charge < -0.3 is 9.31 Å². The maximum atomic E-state index is 6.35. The highest BCUT2D eigenvalue weighted by atomic mass is 79.9. The Morgan fingerprint density at radius 2 is 2.00 bits per heavy atom. The summed E-state index contributed by atoms with van der Waals surface area (Å²) in [5.41, 5.74) is 0.441. The monoisotopic (exact) mass is 314 g/mol. The summed E-state index contributed by atoms with van der Waals surface area (Å²) >= 11 is 3.48. The molecule has 2 bridgehead atoms. The predicted octanol–water partition coefficient (Wildman–Crippen LogP) is 3.89. The molecule has 4 atom stereocenters. The van der Waals surface area contributed by atoms with Crippen LogP contribution in [-0.4, -0.2) is 24.2 Å². The summed E-state index contributed by atoms with van der Waals surface area (Å²) in [4.78, 5) is 0. The van der Waals surface area contributed by atoms with Crippen LogP contribution in [0.25, 0.3) is 0 Å². The Morgan fingerprint density at radius 3 is 2.67 bits per heavy atom. The number of hydrogen-bond acceptors (Lipinski definition) is 2. The molecule has 3 aliphatic carbocycles. The molecule has 0 N–H and O–H groups in total. The third-order valence-corrected chi connectivity index (χ3v) is 6.39. The molecule has 4 aliphatic rings. The van der Waals surface area contributed by atoms with Crippen molar-refractivity contribution in [3.8, 4) is 0 Å².